The topological polar surface area (TPSA) is 115 Å². The van der Waals surface area contributed by atoms with Gasteiger partial charge in [0.2, 0.25) is 5.89 Å². The van der Waals surface area contributed by atoms with Crippen LogP contribution in [0.25, 0.3) is 21.7 Å². The summed E-state index contributed by atoms with van der Waals surface area (Å²) < 4.78 is 29.4. The van der Waals surface area contributed by atoms with Crippen molar-refractivity contribution in [3.8, 4) is 11.5 Å². The third kappa shape index (κ3) is 3.57. The number of fused-ring (bicyclic) bond motifs is 1. The molecule has 136 valence electrons. The predicted molar refractivity (Wildman–Crippen MR) is 100 cm³/mol. The van der Waals surface area contributed by atoms with Gasteiger partial charge in [0.15, 0.2) is 9.84 Å². The molecule has 0 aliphatic heterocycles. The van der Waals surface area contributed by atoms with E-state index in [1.807, 2.05) is 0 Å². The number of nitrogens with one attached hydrogen (secondary N) is 1. The molecular formula is C17H12N4O4S2. The Labute approximate surface area is 157 Å². The number of hydrogen-bond acceptors (Lipinski definition) is 8. The number of thiazole rings is 1. The van der Waals surface area contributed by atoms with Gasteiger partial charge in [-0.25, -0.2) is 13.4 Å². The van der Waals surface area contributed by atoms with Crippen molar-refractivity contribution in [2.45, 2.75) is 4.90 Å². The number of carbonyl (C=O) groups excluding carboxylic acids is 1. The number of sulfone groups is 1. The first-order valence-electron chi connectivity index (χ1n) is 7.69. The average molecular weight is 400 g/mol. The number of nitrogens with zero attached hydrogens (tertiary/aromatic N) is 3. The highest BCUT2D eigenvalue weighted by atomic mass is 32.2. The van der Waals surface area contributed by atoms with Crippen LogP contribution in [0.1, 0.15) is 10.4 Å². The van der Waals surface area contributed by atoms with Gasteiger partial charge in [0, 0.05) is 17.4 Å². The summed E-state index contributed by atoms with van der Waals surface area (Å²) in [7, 11) is -3.28. The summed E-state index contributed by atoms with van der Waals surface area (Å²) in [6.45, 7) is 0. The molecule has 27 heavy (non-hydrogen) atoms. The Kier molecular flexibility index (Phi) is 4.21. The fourth-order valence-electron chi connectivity index (χ4n) is 2.40. The van der Waals surface area contributed by atoms with Crippen molar-refractivity contribution in [2.75, 3.05) is 11.6 Å². The van der Waals surface area contributed by atoms with E-state index in [4.69, 9.17) is 4.42 Å². The van der Waals surface area contributed by atoms with Gasteiger partial charge >= 0.3 is 6.01 Å². The minimum atomic E-state index is -3.28. The Morgan fingerprint density at radius 2 is 1.89 bits per heavy atom. The fraction of sp³-hybridized carbons (Fsp3) is 0.0588. The van der Waals surface area contributed by atoms with E-state index in [9.17, 15) is 13.2 Å². The molecule has 0 radical (unpaired) electrons. The van der Waals surface area contributed by atoms with E-state index in [-0.39, 0.29) is 22.7 Å². The average Bonchev–Trinajstić information content (AvgIpc) is 3.29. The highest BCUT2D eigenvalue weighted by molar-refractivity contribution is 7.90. The molecule has 0 saturated heterocycles. The molecule has 0 fully saturated rings. The molecule has 0 atom stereocenters. The molecule has 2 heterocycles. The summed E-state index contributed by atoms with van der Waals surface area (Å²) in [6, 6.07) is 11.2. The van der Waals surface area contributed by atoms with Gasteiger partial charge in [-0.1, -0.05) is 5.10 Å². The minimum absolute atomic E-state index is 0.0495. The lowest BCUT2D eigenvalue weighted by Crippen LogP contribution is -2.11. The Balaban J connectivity index is 1.53. The number of benzene rings is 2. The van der Waals surface area contributed by atoms with Crippen LogP contribution in [0.5, 0.6) is 0 Å². The fourth-order valence-corrected chi connectivity index (χ4v) is 3.75. The molecule has 2 aromatic carbocycles. The predicted octanol–water partition coefficient (Wildman–Crippen LogP) is 3.00. The highest BCUT2D eigenvalue weighted by Crippen LogP contribution is 2.23. The second kappa shape index (κ2) is 6.56. The maximum atomic E-state index is 12.4. The number of carbonyl (C=O) groups is 1. The van der Waals surface area contributed by atoms with Gasteiger partial charge in [0.05, 0.1) is 20.6 Å². The van der Waals surface area contributed by atoms with E-state index in [1.165, 1.54) is 23.5 Å². The minimum Gasteiger partial charge on any atom is -0.403 e. The number of hydrogen-bond donors (Lipinski definition) is 1. The number of anilines is 1. The van der Waals surface area contributed by atoms with E-state index < -0.39 is 9.84 Å². The molecule has 0 bridgehead atoms. The van der Waals surface area contributed by atoms with Crippen molar-refractivity contribution in [2.24, 2.45) is 0 Å². The van der Waals surface area contributed by atoms with Crippen LogP contribution in [0, 0.1) is 0 Å². The molecule has 2 aromatic heterocycles. The lowest BCUT2D eigenvalue weighted by atomic mass is 10.2. The zero-order valence-electron chi connectivity index (χ0n) is 13.9. The second-order valence-electron chi connectivity index (χ2n) is 5.70. The van der Waals surface area contributed by atoms with Gasteiger partial charge in [-0.15, -0.1) is 16.4 Å². The number of aromatic nitrogens is 3. The molecule has 4 rings (SSSR count). The Morgan fingerprint density at radius 1 is 1.11 bits per heavy atom. The van der Waals surface area contributed by atoms with Crippen LogP contribution >= 0.6 is 11.3 Å². The Bertz CT molecular complexity index is 1240. The highest BCUT2D eigenvalue weighted by Gasteiger charge is 2.14. The summed E-state index contributed by atoms with van der Waals surface area (Å²) in [4.78, 5) is 16.7. The second-order valence-corrected chi connectivity index (χ2v) is 8.60. The van der Waals surface area contributed by atoms with Gasteiger partial charge in [-0.3, -0.25) is 10.1 Å². The van der Waals surface area contributed by atoms with E-state index in [0.29, 0.717) is 11.1 Å². The van der Waals surface area contributed by atoms with Gasteiger partial charge in [0.1, 0.15) is 0 Å². The van der Waals surface area contributed by atoms with Crippen LogP contribution in [0.3, 0.4) is 0 Å². The Hall–Kier alpha value is -3.11. The standard InChI is InChI=1S/C17H12N4O4S2/c1-27(23,24)12-5-2-10(3-6-12)16-20-21-17(25-16)19-15(22)11-4-7-13-14(8-11)26-9-18-13/h2-9H,1H3,(H,19,21,22). The molecular weight excluding hydrogens is 388 g/mol. The lowest BCUT2D eigenvalue weighted by molar-refractivity contribution is 0.102. The van der Waals surface area contributed by atoms with Gasteiger partial charge < -0.3 is 4.42 Å². The summed E-state index contributed by atoms with van der Waals surface area (Å²) in [6.07, 6.45) is 1.13. The summed E-state index contributed by atoms with van der Waals surface area (Å²) in [5, 5.41) is 10.2. The molecule has 4 aromatic rings. The van der Waals surface area contributed by atoms with Crippen LogP contribution in [-0.4, -0.2) is 35.8 Å². The van der Waals surface area contributed by atoms with Crippen molar-refractivity contribution < 1.29 is 17.6 Å². The van der Waals surface area contributed by atoms with E-state index >= 15 is 0 Å². The van der Waals surface area contributed by atoms with Gasteiger partial charge in [-0.2, -0.15) is 0 Å². The largest absolute Gasteiger partial charge is 0.403 e. The first-order valence-corrected chi connectivity index (χ1v) is 10.5. The number of rotatable bonds is 4. The quantitative estimate of drug-likeness (QED) is 0.560. The van der Waals surface area contributed by atoms with Crippen molar-refractivity contribution in [3.05, 3.63) is 53.5 Å². The third-order valence-electron chi connectivity index (χ3n) is 3.77. The van der Waals surface area contributed by atoms with E-state index in [2.05, 4.69) is 20.5 Å². The first kappa shape index (κ1) is 17.3. The maximum Gasteiger partial charge on any atom is 0.322 e. The molecule has 0 aliphatic carbocycles. The lowest BCUT2D eigenvalue weighted by Gasteiger charge is -2.01. The van der Waals surface area contributed by atoms with Crippen LogP contribution in [0.2, 0.25) is 0 Å². The zero-order chi connectivity index (χ0) is 19.0. The molecule has 0 unspecified atom stereocenters. The monoisotopic (exact) mass is 400 g/mol. The van der Waals surface area contributed by atoms with Crippen LogP contribution in [0.15, 0.2) is 57.3 Å². The smallest absolute Gasteiger partial charge is 0.322 e. The summed E-state index contributed by atoms with van der Waals surface area (Å²) in [5.74, 6) is -0.212. The van der Waals surface area contributed by atoms with E-state index in [1.54, 1.807) is 35.8 Å². The van der Waals surface area contributed by atoms with Gasteiger partial charge in [0.25, 0.3) is 5.91 Å². The Morgan fingerprint density at radius 3 is 2.63 bits per heavy atom. The zero-order valence-corrected chi connectivity index (χ0v) is 15.5. The number of amides is 1. The molecule has 8 nitrogen and oxygen atoms in total. The van der Waals surface area contributed by atoms with Crippen LogP contribution in [-0.2, 0) is 9.84 Å². The van der Waals surface area contributed by atoms with Crippen LogP contribution in [0.4, 0.5) is 6.01 Å². The molecule has 0 spiro atoms. The van der Waals surface area contributed by atoms with Crippen molar-refractivity contribution in [3.63, 3.8) is 0 Å². The first-order chi connectivity index (χ1) is 12.9. The van der Waals surface area contributed by atoms with Crippen LogP contribution < -0.4 is 5.32 Å². The normalized spacial score (nSPS) is 11.6. The molecule has 0 aliphatic rings. The SMILES string of the molecule is CS(=O)(=O)c1ccc(-c2nnc(NC(=O)c3ccc4ncsc4c3)o2)cc1. The van der Waals surface area contributed by atoms with Crippen molar-refractivity contribution in [1.29, 1.82) is 0 Å². The summed E-state index contributed by atoms with van der Waals surface area (Å²) >= 11 is 1.44. The molecule has 10 heteroatoms. The third-order valence-corrected chi connectivity index (χ3v) is 5.69. The molecule has 0 saturated carbocycles. The van der Waals surface area contributed by atoms with E-state index in [0.717, 1.165) is 16.5 Å². The van der Waals surface area contributed by atoms with Gasteiger partial charge in [-0.05, 0) is 42.5 Å². The van der Waals surface area contributed by atoms with Crippen molar-refractivity contribution >= 4 is 43.3 Å². The molecule has 1 amide bonds. The van der Waals surface area contributed by atoms with Crippen molar-refractivity contribution in [1.82, 2.24) is 15.2 Å². The summed E-state index contributed by atoms with van der Waals surface area (Å²) in [5.41, 5.74) is 3.53. The molecule has 1 N–H and O–H groups in total. The maximum absolute atomic E-state index is 12.4.